The molecule has 27 heavy (non-hydrogen) atoms. The molecule has 1 N–H and O–H groups in total. The van der Waals surface area contributed by atoms with Crippen LogP contribution < -0.4 is 5.32 Å². The summed E-state index contributed by atoms with van der Waals surface area (Å²) in [7, 11) is -3.60. The van der Waals surface area contributed by atoms with Crippen molar-refractivity contribution in [3.8, 4) is 0 Å². The zero-order chi connectivity index (χ0) is 19.9. The molecule has 1 unspecified atom stereocenters. The Hall–Kier alpha value is -1.50. The topological polar surface area (TPSA) is 62.3 Å². The molecule has 0 aliphatic rings. The Kier molecular flexibility index (Phi) is 8.20. The average Bonchev–Trinajstić information content (AvgIpc) is 2.65. The van der Waals surface area contributed by atoms with Crippen molar-refractivity contribution >= 4 is 20.8 Å². The lowest BCUT2D eigenvalue weighted by atomic mass is 10.2. The first-order chi connectivity index (χ1) is 12.9. The molecular weight excluding hydrogens is 358 g/mol. The summed E-state index contributed by atoms with van der Waals surface area (Å²) in [4.78, 5) is 4.49. The van der Waals surface area contributed by atoms with Gasteiger partial charge in [-0.25, -0.2) is 8.42 Å². The van der Waals surface area contributed by atoms with Crippen molar-refractivity contribution in [3.63, 3.8) is 0 Å². The molecule has 1 heterocycles. The molecule has 1 aromatic carbocycles. The van der Waals surface area contributed by atoms with E-state index in [1.165, 1.54) is 0 Å². The molecule has 0 aliphatic carbocycles. The van der Waals surface area contributed by atoms with Crippen LogP contribution in [0.3, 0.4) is 0 Å². The highest BCUT2D eigenvalue weighted by atomic mass is 32.2. The zero-order valence-corrected chi connectivity index (χ0v) is 17.8. The number of hydrogen-bond donors (Lipinski definition) is 1. The Morgan fingerprint density at radius 3 is 2.59 bits per heavy atom. The van der Waals surface area contributed by atoms with Crippen LogP contribution in [0.4, 0.5) is 0 Å². The number of nitrogens with zero attached hydrogens (tertiary/aromatic N) is 2. The van der Waals surface area contributed by atoms with E-state index in [0.717, 1.165) is 36.5 Å². The molecule has 1 atom stereocenters. The quantitative estimate of drug-likeness (QED) is 0.583. The fourth-order valence-electron chi connectivity index (χ4n) is 3.22. The third-order valence-electron chi connectivity index (χ3n) is 4.77. The molecule has 0 saturated heterocycles. The third-order valence-corrected chi connectivity index (χ3v) is 6.84. The molecule has 5 nitrogen and oxygen atoms in total. The van der Waals surface area contributed by atoms with Crippen LogP contribution in [-0.2, 0) is 10.0 Å². The number of fused-ring (bicyclic) bond motifs is 1. The van der Waals surface area contributed by atoms with Gasteiger partial charge in [-0.15, -0.1) is 0 Å². The second kappa shape index (κ2) is 10.2. The summed E-state index contributed by atoms with van der Waals surface area (Å²) < 4.78 is 28.8. The molecule has 1 aromatic heterocycles. The normalized spacial score (nSPS) is 13.6. The Bertz CT molecular complexity index is 816. The molecule has 0 fully saturated rings. The first kappa shape index (κ1) is 21.8. The van der Waals surface area contributed by atoms with Gasteiger partial charge in [0.1, 0.15) is 0 Å². The summed E-state index contributed by atoms with van der Waals surface area (Å²) in [6, 6.07) is 7.39. The predicted molar refractivity (Wildman–Crippen MR) is 112 cm³/mol. The lowest BCUT2D eigenvalue weighted by Gasteiger charge is -2.30. The fraction of sp³-hybridized carbons (Fsp3) is 0.571. The number of hydrogen-bond acceptors (Lipinski definition) is 4. The van der Waals surface area contributed by atoms with E-state index in [2.05, 4.69) is 31.1 Å². The number of benzene rings is 1. The van der Waals surface area contributed by atoms with Crippen LogP contribution in [0, 0.1) is 0 Å². The number of sulfonamides is 1. The standard InChI is InChI=1S/C21H33N3O2S/c1-5-6-7-8-14-24(18(4)15-23-17(2)3)27(25,26)21-11-9-10-19-16-22-13-12-20(19)21/h9-13,16-18,23H,5-8,14-15H2,1-4H3. The van der Waals surface area contributed by atoms with E-state index in [4.69, 9.17) is 0 Å². The molecule has 0 bridgehead atoms. The molecule has 0 saturated carbocycles. The largest absolute Gasteiger partial charge is 0.313 e. The molecule has 0 spiro atoms. The van der Waals surface area contributed by atoms with E-state index >= 15 is 0 Å². The molecule has 0 amide bonds. The molecule has 2 rings (SSSR count). The highest BCUT2D eigenvalue weighted by molar-refractivity contribution is 7.89. The van der Waals surface area contributed by atoms with Crippen molar-refractivity contribution in [1.29, 1.82) is 0 Å². The van der Waals surface area contributed by atoms with Gasteiger partial charge < -0.3 is 5.32 Å². The van der Waals surface area contributed by atoms with E-state index in [1.54, 1.807) is 34.9 Å². The minimum atomic E-state index is -3.60. The Balaban J connectivity index is 2.35. The van der Waals surface area contributed by atoms with Gasteiger partial charge in [-0.05, 0) is 25.5 Å². The van der Waals surface area contributed by atoms with Gasteiger partial charge in [-0.3, -0.25) is 4.98 Å². The average molecular weight is 392 g/mol. The van der Waals surface area contributed by atoms with E-state index in [1.807, 2.05) is 13.0 Å². The monoisotopic (exact) mass is 391 g/mol. The first-order valence-corrected chi connectivity index (χ1v) is 11.4. The smallest absolute Gasteiger partial charge is 0.243 e. The van der Waals surface area contributed by atoms with Crippen LogP contribution in [0.2, 0.25) is 0 Å². The lowest BCUT2D eigenvalue weighted by Crippen LogP contribution is -2.45. The number of pyridine rings is 1. The molecule has 0 aliphatic heterocycles. The van der Waals surface area contributed by atoms with E-state index in [-0.39, 0.29) is 6.04 Å². The van der Waals surface area contributed by atoms with Crippen LogP contribution in [-0.4, -0.2) is 42.9 Å². The van der Waals surface area contributed by atoms with Crippen LogP contribution in [0.1, 0.15) is 53.4 Å². The lowest BCUT2D eigenvalue weighted by molar-refractivity contribution is 0.312. The van der Waals surface area contributed by atoms with E-state index < -0.39 is 10.0 Å². The van der Waals surface area contributed by atoms with Crippen molar-refractivity contribution in [1.82, 2.24) is 14.6 Å². The van der Waals surface area contributed by atoms with Crippen molar-refractivity contribution in [2.45, 2.75) is 70.4 Å². The minimum absolute atomic E-state index is 0.115. The maximum absolute atomic E-state index is 13.6. The van der Waals surface area contributed by atoms with E-state index in [9.17, 15) is 8.42 Å². The van der Waals surface area contributed by atoms with E-state index in [0.29, 0.717) is 24.0 Å². The second-order valence-corrected chi connectivity index (χ2v) is 9.30. The molecule has 150 valence electrons. The maximum Gasteiger partial charge on any atom is 0.243 e. The molecule has 6 heteroatoms. The van der Waals surface area contributed by atoms with Crippen LogP contribution in [0.25, 0.3) is 10.8 Å². The SMILES string of the molecule is CCCCCCN(C(C)CNC(C)C)S(=O)(=O)c1cccc2cnccc12. The van der Waals surface area contributed by atoms with Gasteiger partial charge in [0.15, 0.2) is 0 Å². The van der Waals surface area contributed by atoms with Gasteiger partial charge in [0.05, 0.1) is 4.90 Å². The Labute approximate surface area is 164 Å². The molecule has 2 aromatic rings. The summed E-state index contributed by atoms with van der Waals surface area (Å²) in [6.07, 6.45) is 7.55. The number of nitrogens with one attached hydrogen (secondary N) is 1. The Morgan fingerprint density at radius 2 is 1.89 bits per heavy atom. The first-order valence-electron chi connectivity index (χ1n) is 9.96. The van der Waals surface area contributed by atoms with Crippen LogP contribution in [0.5, 0.6) is 0 Å². The third kappa shape index (κ3) is 5.74. The second-order valence-electron chi connectivity index (χ2n) is 7.44. The van der Waals surface area contributed by atoms with Crippen molar-refractivity contribution in [3.05, 3.63) is 36.7 Å². The highest BCUT2D eigenvalue weighted by Gasteiger charge is 2.30. The number of unbranched alkanes of at least 4 members (excludes halogenated alkanes) is 3. The summed E-state index contributed by atoms with van der Waals surface area (Å²) >= 11 is 0. The van der Waals surface area contributed by atoms with Gasteiger partial charge in [-0.2, -0.15) is 4.31 Å². The molecular formula is C21H33N3O2S. The summed E-state index contributed by atoms with van der Waals surface area (Å²) in [5.74, 6) is 0. The van der Waals surface area contributed by atoms with Gasteiger partial charge in [0, 0.05) is 48.3 Å². The fourth-order valence-corrected chi connectivity index (χ4v) is 5.11. The summed E-state index contributed by atoms with van der Waals surface area (Å²) in [6.45, 7) is 9.48. The van der Waals surface area contributed by atoms with Crippen molar-refractivity contribution in [2.75, 3.05) is 13.1 Å². The Morgan fingerprint density at radius 1 is 1.11 bits per heavy atom. The maximum atomic E-state index is 13.6. The van der Waals surface area contributed by atoms with Crippen molar-refractivity contribution in [2.24, 2.45) is 0 Å². The van der Waals surface area contributed by atoms with Gasteiger partial charge in [0.2, 0.25) is 10.0 Å². The van der Waals surface area contributed by atoms with Gasteiger partial charge in [-0.1, -0.05) is 52.2 Å². The van der Waals surface area contributed by atoms with Crippen LogP contribution in [0.15, 0.2) is 41.6 Å². The van der Waals surface area contributed by atoms with Crippen molar-refractivity contribution < 1.29 is 8.42 Å². The summed E-state index contributed by atoms with van der Waals surface area (Å²) in [5, 5.41) is 4.95. The highest BCUT2D eigenvalue weighted by Crippen LogP contribution is 2.26. The number of aromatic nitrogens is 1. The predicted octanol–water partition coefficient (Wildman–Crippen LogP) is 4.19. The minimum Gasteiger partial charge on any atom is -0.313 e. The zero-order valence-electron chi connectivity index (χ0n) is 17.0. The summed E-state index contributed by atoms with van der Waals surface area (Å²) in [5.41, 5.74) is 0. The van der Waals surface area contributed by atoms with Gasteiger partial charge in [0.25, 0.3) is 0 Å². The number of rotatable bonds is 11. The van der Waals surface area contributed by atoms with Gasteiger partial charge >= 0.3 is 0 Å². The van der Waals surface area contributed by atoms with Crippen LogP contribution >= 0.6 is 0 Å². The molecule has 0 radical (unpaired) electrons.